The molecule has 0 unspecified atom stereocenters. The molecular formula is C20H16N4OS. The number of rotatable bonds is 5. The summed E-state index contributed by atoms with van der Waals surface area (Å²) in [4.78, 5) is 16.5. The molecule has 0 fully saturated rings. The second-order valence-electron chi connectivity index (χ2n) is 5.52. The van der Waals surface area contributed by atoms with E-state index in [0.717, 1.165) is 22.6 Å². The maximum atomic E-state index is 12.2. The maximum Gasteiger partial charge on any atom is 0.290 e. The Kier molecular flexibility index (Phi) is 5.52. The van der Waals surface area contributed by atoms with Crippen LogP contribution in [0, 0.1) is 11.3 Å². The van der Waals surface area contributed by atoms with Crippen molar-refractivity contribution in [2.45, 2.75) is 13.3 Å². The van der Waals surface area contributed by atoms with Gasteiger partial charge in [0.05, 0.1) is 17.8 Å². The van der Waals surface area contributed by atoms with Gasteiger partial charge in [0.2, 0.25) is 0 Å². The van der Waals surface area contributed by atoms with Crippen LogP contribution in [0.2, 0.25) is 0 Å². The van der Waals surface area contributed by atoms with Crippen LogP contribution in [0.25, 0.3) is 10.6 Å². The van der Waals surface area contributed by atoms with Crippen LogP contribution >= 0.6 is 11.3 Å². The molecule has 5 nitrogen and oxygen atoms in total. The summed E-state index contributed by atoms with van der Waals surface area (Å²) in [7, 11) is 0. The second kappa shape index (κ2) is 8.19. The van der Waals surface area contributed by atoms with E-state index in [1.165, 1.54) is 23.1 Å². The fourth-order valence-corrected chi connectivity index (χ4v) is 3.07. The van der Waals surface area contributed by atoms with Gasteiger partial charge >= 0.3 is 0 Å². The molecule has 0 saturated carbocycles. The lowest BCUT2D eigenvalue weighted by Gasteiger charge is -1.99. The number of aromatic nitrogens is 1. The predicted molar refractivity (Wildman–Crippen MR) is 103 cm³/mol. The Bertz CT molecular complexity index is 966. The van der Waals surface area contributed by atoms with Crippen molar-refractivity contribution in [3.05, 3.63) is 76.3 Å². The van der Waals surface area contributed by atoms with E-state index < -0.39 is 0 Å². The number of aryl methyl sites for hydroxylation is 1. The molecule has 0 atom stereocenters. The first kappa shape index (κ1) is 17.5. The molecule has 0 aliphatic carbocycles. The van der Waals surface area contributed by atoms with E-state index in [2.05, 4.69) is 40.6 Å². The zero-order chi connectivity index (χ0) is 18.4. The molecule has 1 amide bonds. The van der Waals surface area contributed by atoms with Crippen LogP contribution in [0.15, 0.2) is 59.0 Å². The fourth-order valence-electron chi connectivity index (χ4n) is 2.26. The molecule has 0 aliphatic rings. The number of hydrogen-bond acceptors (Lipinski definition) is 5. The zero-order valence-electron chi connectivity index (χ0n) is 14.1. The highest BCUT2D eigenvalue weighted by Crippen LogP contribution is 2.24. The van der Waals surface area contributed by atoms with Crippen molar-refractivity contribution in [2.75, 3.05) is 0 Å². The summed E-state index contributed by atoms with van der Waals surface area (Å²) in [6.07, 6.45) is 2.51. The van der Waals surface area contributed by atoms with Crippen LogP contribution in [0.1, 0.15) is 34.1 Å². The van der Waals surface area contributed by atoms with Gasteiger partial charge in [0.15, 0.2) is 0 Å². The minimum atomic E-state index is -0.359. The quantitative estimate of drug-likeness (QED) is 0.551. The predicted octanol–water partition coefficient (Wildman–Crippen LogP) is 4.01. The van der Waals surface area contributed by atoms with Gasteiger partial charge in [-0.05, 0) is 29.7 Å². The zero-order valence-corrected chi connectivity index (χ0v) is 15.0. The Balaban J connectivity index is 1.63. The molecule has 0 bridgehead atoms. The van der Waals surface area contributed by atoms with Gasteiger partial charge in [0.25, 0.3) is 5.91 Å². The van der Waals surface area contributed by atoms with Gasteiger partial charge in [0, 0.05) is 10.9 Å². The third-order valence-electron chi connectivity index (χ3n) is 3.77. The minimum Gasteiger partial charge on any atom is -0.266 e. The van der Waals surface area contributed by atoms with Crippen LogP contribution in [0.5, 0.6) is 0 Å². The lowest BCUT2D eigenvalue weighted by atomic mass is 10.1. The van der Waals surface area contributed by atoms with E-state index in [0.29, 0.717) is 11.3 Å². The topological polar surface area (TPSA) is 78.1 Å². The lowest BCUT2D eigenvalue weighted by molar-refractivity contribution is 0.0951. The Morgan fingerprint density at radius 1 is 1.23 bits per heavy atom. The fraction of sp³-hybridized carbons (Fsp3) is 0.100. The molecule has 1 N–H and O–H groups in total. The average Bonchev–Trinajstić information content (AvgIpc) is 3.19. The van der Waals surface area contributed by atoms with Crippen molar-refractivity contribution >= 4 is 23.5 Å². The molecule has 3 rings (SSSR count). The highest BCUT2D eigenvalue weighted by atomic mass is 32.1. The highest BCUT2D eigenvalue weighted by molar-refractivity contribution is 7.13. The molecule has 1 aromatic heterocycles. The Hall–Kier alpha value is -3.30. The summed E-state index contributed by atoms with van der Waals surface area (Å²) in [5.41, 5.74) is 6.43. The molecular weight excluding hydrogens is 344 g/mol. The number of benzene rings is 2. The monoisotopic (exact) mass is 360 g/mol. The smallest absolute Gasteiger partial charge is 0.266 e. The molecule has 6 heteroatoms. The molecule has 1 heterocycles. The Labute approximate surface area is 155 Å². The summed E-state index contributed by atoms with van der Waals surface area (Å²) in [5, 5.41) is 15.2. The van der Waals surface area contributed by atoms with Crippen LogP contribution in [-0.2, 0) is 6.42 Å². The van der Waals surface area contributed by atoms with Gasteiger partial charge in [-0.15, -0.1) is 11.3 Å². The number of amides is 1. The van der Waals surface area contributed by atoms with Crippen molar-refractivity contribution in [2.24, 2.45) is 5.10 Å². The van der Waals surface area contributed by atoms with Gasteiger partial charge < -0.3 is 0 Å². The average molecular weight is 360 g/mol. The van der Waals surface area contributed by atoms with Crippen molar-refractivity contribution in [3.8, 4) is 16.6 Å². The van der Waals surface area contributed by atoms with E-state index in [4.69, 9.17) is 5.26 Å². The molecule has 3 aromatic rings. The van der Waals surface area contributed by atoms with Gasteiger partial charge in [-0.3, -0.25) is 4.79 Å². The van der Waals surface area contributed by atoms with Crippen molar-refractivity contribution < 1.29 is 4.79 Å². The number of carbonyl (C=O) groups is 1. The van der Waals surface area contributed by atoms with Crippen LogP contribution in [0.3, 0.4) is 0 Å². The molecule has 2 aromatic carbocycles. The third kappa shape index (κ3) is 4.21. The van der Waals surface area contributed by atoms with Gasteiger partial charge in [-0.25, -0.2) is 10.4 Å². The SMILES string of the molecule is CCc1ccc(-c2nc(C(=O)N/N=C\c3ccc(C#N)cc3)cs2)cc1. The first-order valence-corrected chi connectivity index (χ1v) is 8.96. The van der Waals surface area contributed by atoms with Gasteiger partial charge in [-0.2, -0.15) is 10.4 Å². The molecule has 0 spiro atoms. The van der Waals surface area contributed by atoms with Crippen molar-refractivity contribution in [1.29, 1.82) is 5.26 Å². The maximum absolute atomic E-state index is 12.2. The van der Waals surface area contributed by atoms with Crippen molar-refractivity contribution in [1.82, 2.24) is 10.4 Å². The highest BCUT2D eigenvalue weighted by Gasteiger charge is 2.11. The van der Waals surface area contributed by atoms with Crippen molar-refractivity contribution in [3.63, 3.8) is 0 Å². The number of hydrogen-bond donors (Lipinski definition) is 1. The first-order valence-electron chi connectivity index (χ1n) is 8.08. The van der Waals surface area contributed by atoms with E-state index in [-0.39, 0.29) is 5.91 Å². The number of nitrogens with zero attached hydrogens (tertiary/aromatic N) is 3. The summed E-state index contributed by atoms with van der Waals surface area (Å²) in [6.45, 7) is 2.11. The molecule has 0 saturated heterocycles. The number of thiazole rings is 1. The van der Waals surface area contributed by atoms with Crippen LogP contribution < -0.4 is 5.43 Å². The van der Waals surface area contributed by atoms with E-state index in [1.54, 1.807) is 29.6 Å². The van der Waals surface area contributed by atoms with E-state index in [9.17, 15) is 4.79 Å². The Morgan fingerprint density at radius 3 is 2.62 bits per heavy atom. The molecule has 128 valence electrons. The molecule has 0 radical (unpaired) electrons. The number of nitrogens with one attached hydrogen (secondary N) is 1. The second-order valence-corrected chi connectivity index (χ2v) is 6.38. The number of carbonyl (C=O) groups excluding carboxylic acids is 1. The van der Waals surface area contributed by atoms with E-state index in [1.807, 2.05) is 12.1 Å². The molecule has 26 heavy (non-hydrogen) atoms. The number of nitriles is 1. The van der Waals surface area contributed by atoms with Gasteiger partial charge in [0.1, 0.15) is 10.7 Å². The van der Waals surface area contributed by atoms with Crippen LogP contribution in [0.4, 0.5) is 0 Å². The lowest BCUT2D eigenvalue weighted by Crippen LogP contribution is -2.17. The summed E-state index contributed by atoms with van der Waals surface area (Å²) >= 11 is 1.42. The number of hydrazone groups is 1. The minimum absolute atomic E-state index is 0.335. The first-order chi connectivity index (χ1) is 12.7. The Morgan fingerprint density at radius 2 is 1.96 bits per heavy atom. The normalized spacial score (nSPS) is 10.6. The largest absolute Gasteiger partial charge is 0.290 e. The van der Waals surface area contributed by atoms with E-state index >= 15 is 0 Å². The van der Waals surface area contributed by atoms with Gasteiger partial charge in [-0.1, -0.05) is 43.3 Å². The molecule has 0 aliphatic heterocycles. The summed E-state index contributed by atoms with van der Waals surface area (Å²) in [6, 6.07) is 17.1. The standard InChI is InChI=1S/C20H16N4OS/c1-2-14-7-9-17(10-8-14)20-23-18(13-26-20)19(25)24-22-12-16-5-3-15(11-21)4-6-16/h3-10,12-13H,2H2,1H3,(H,24,25)/b22-12-. The summed E-state index contributed by atoms with van der Waals surface area (Å²) < 4.78 is 0. The third-order valence-corrected chi connectivity index (χ3v) is 4.66. The van der Waals surface area contributed by atoms with Crippen LogP contribution in [-0.4, -0.2) is 17.1 Å². The summed E-state index contributed by atoms with van der Waals surface area (Å²) in [5.74, 6) is -0.359.